The Bertz CT molecular complexity index is 377. The Balaban J connectivity index is 2.17. The number of thiol groups is 1. The van der Waals surface area contributed by atoms with Crippen molar-refractivity contribution in [3.8, 4) is 5.75 Å². The van der Waals surface area contributed by atoms with E-state index in [2.05, 4.69) is 12.6 Å². The highest BCUT2D eigenvalue weighted by Gasteiger charge is 2.02. The molecule has 1 rings (SSSR count). The second-order valence-corrected chi connectivity index (χ2v) is 5.55. The monoisotopic (exact) mass is 317 g/mol. The van der Waals surface area contributed by atoms with Gasteiger partial charge in [-0.05, 0) is 25.1 Å². The van der Waals surface area contributed by atoms with Crippen molar-refractivity contribution >= 4 is 30.1 Å². The molecule has 0 bridgehead atoms. The van der Waals surface area contributed by atoms with Gasteiger partial charge in [0.25, 0.3) is 0 Å². The minimum absolute atomic E-state index is 0.619. The molecule has 0 unspecified atom stereocenters. The van der Waals surface area contributed by atoms with E-state index < -0.39 is 0 Å². The summed E-state index contributed by atoms with van der Waals surface area (Å²) in [6.07, 6.45) is 0. The lowest BCUT2D eigenvalue weighted by molar-refractivity contribution is 0.0606. The Morgan fingerprint density at radius 2 is 1.90 bits per heavy atom. The van der Waals surface area contributed by atoms with Crippen molar-refractivity contribution in [2.24, 2.45) is 0 Å². The summed E-state index contributed by atoms with van der Waals surface area (Å²) in [6.45, 7) is 5.19. The first-order valence-corrected chi connectivity index (χ1v) is 8.31. The predicted octanol–water partition coefficient (Wildman–Crippen LogP) is 2.72. The van der Waals surface area contributed by atoms with Crippen LogP contribution in [-0.4, -0.2) is 44.5 Å². The number of hydrogen-bond donors (Lipinski definition) is 2. The van der Waals surface area contributed by atoms with Crippen LogP contribution in [0.1, 0.15) is 6.92 Å². The van der Waals surface area contributed by atoms with Gasteiger partial charge in [-0.1, -0.05) is 0 Å². The van der Waals surface area contributed by atoms with Crippen LogP contribution in [0.15, 0.2) is 23.1 Å². The highest BCUT2D eigenvalue weighted by Crippen LogP contribution is 2.28. The number of rotatable bonds is 11. The maximum absolute atomic E-state index is 5.83. The summed E-state index contributed by atoms with van der Waals surface area (Å²) in [7, 11) is 0. The van der Waals surface area contributed by atoms with Crippen LogP contribution in [0.25, 0.3) is 0 Å². The second-order valence-electron chi connectivity index (χ2n) is 3.93. The molecule has 0 amide bonds. The first-order valence-electron chi connectivity index (χ1n) is 6.69. The molecule has 0 fully saturated rings. The fourth-order valence-electron chi connectivity index (χ4n) is 1.49. The molecule has 0 radical (unpaired) electrons. The van der Waals surface area contributed by atoms with E-state index in [1.807, 2.05) is 25.1 Å². The fourth-order valence-corrected chi connectivity index (χ4v) is 2.41. The van der Waals surface area contributed by atoms with Gasteiger partial charge in [-0.15, -0.1) is 11.8 Å². The average Bonchev–Trinajstić information content (AvgIpc) is 2.45. The smallest absolute Gasteiger partial charge is 0.143 e. The lowest BCUT2D eigenvalue weighted by Gasteiger charge is -2.09. The summed E-state index contributed by atoms with van der Waals surface area (Å²) in [5, 5.41) is 0. The topological polar surface area (TPSA) is 53.7 Å². The molecule has 1 aromatic rings. The standard InChI is InChI=1S/C14H23NO3S2/c1-2-18-14-11-12(3-4-13(14)15)20-10-8-17-6-5-16-7-9-19/h3-4,11,19H,2,5-10,15H2,1H3. The third-order valence-electron chi connectivity index (χ3n) is 2.39. The van der Waals surface area contributed by atoms with Crippen molar-refractivity contribution in [3.63, 3.8) is 0 Å². The maximum atomic E-state index is 5.83. The first kappa shape index (κ1) is 17.5. The van der Waals surface area contributed by atoms with E-state index >= 15 is 0 Å². The average molecular weight is 317 g/mol. The molecule has 0 saturated carbocycles. The largest absolute Gasteiger partial charge is 0.492 e. The van der Waals surface area contributed by atoms with Crippen LogP contribution < -0.4 is 10.5 Å². The minimum atomic E-state index is 0.619. The quantitative estimate of drug-likeness (QED) is 0.284. The van der Waals surface area contributed by atoms with Gasteiger partial charge in [0.15, 0.2) is 0 Å². The zero-order valence-corrected chi connectivity index (χ0v) is 13.6. The summed E-state index contributed by atoms with van der Waals surface area (Å²) in [4.78, 5) is 1.14. The number of hydrogen-bond acceptors (Lipinski definition) is 6. The van der Waals surface area contributed by atoms with Gasteiger partial charge in [0, 0.05) is 16.4 Å². The third-order valence-corrected chi connectivity index (χ3v) is 3.53. The lowest BCUT2D eigenvalue weighted by atomic mass is 10.3. The predicted molar refractivity (Wildman–Crippen MR) is 88.2 cm³/mol. The van der Waals surface area contributed by atoms with Crippen LogP contribution in [0.2, 0.25) is 0 Å². The van der Waals surface area contributed by atoms with Crippen LogP contribution >= 0.6 is 24.4 Å². The Morgan fingerprint density at radius 1 is 1.15 bits per heavy atom. The number of benzene rings is 1. The molecule has 4 nitrogen and oxygen atoms in total. The number of anilines is 1. The molecule has 114 valence electrons. The fraction of sp³-hybridized carbons (Fsp3) is 0.571. The van der Waals surface area contributed by atoms with Gasteiger partial charge in [0.05, 0.1) is 38.7 Å². The number of thioether (sulfide) groups is 1. The van der Waals surface area contributed by atoms with Crippen LogP contribution in [0.4, 0.5) is 5.69 Å². The van der Waals surface area contributed by atoms with Gasteiger partial charge < -0.3 is 19.9 Å². The highest BCUT2D eigenvalue weighted by molar-refractivity contribution is 7.99. The van der Waals surface area contributed by atoms with E-state index in [0.29, 0.717) is 38.7 Å². The number of nitrogens with two attached hydrogens (primary N) is 1. The second kappa shape index (κ2) is 11.1. The van der Waals surface area contributed by atoms with Gasteiger partial charge in [0.1, 0.15) is 5.75 Å². The van der Waals surface area contributed by atoms with Gasteiger partial charge in [0.2, 0.25) is 0 Å². The van der Waals surface area contributed by atoms with E-state index in [9.17, 15) is 0 Å². The summed E-state index contributed by atoms with van der Waals surface area (Å²) < 4.78 is 16.2. The van der Waals surface area contributed by atoms with Crippen molar-refractivity contribution in [1.82, 2.24) is 0 Å². The molecule has 0 atom stereocenters. The molecule has 0 aliphatic heterocycles. The van der Waals surface area contributed by atoms with Gasteiger partial charge in [-0.25, -0.2) is 0 Å². The molecule has 0 heterocycles. The SMILES string of the molecule is CCOc1cc(SCCOCCOCCS)ccc1N. The molecule has 20 heavy (non-hydrogen) atoms. The zero-order chi connectivity index (χ0) is 14.6. The van der Waals surface area contributed by atoms with Crippen molar-refractivity contribution in [1.29, 1.82) is 0 Å². The van der Waals surface area contributed by atoms with Gasteiger partial charge >= 0.3 is 0 Å². The lowest BCUT2D eigenvalue weighted by Crippen LogP contribution is -2.07. The van der Waals surface area contributed by atoms with Crippen molar-refractivity contribution < 1.29 is 14.2 Å². The van der Waals surface area contributed by atoms with Crippen molar-refractivity contribution in [2.45, 2.75) is 11.8 Å². The molecular weight excluding hydrogens is 294 g/mol. The van der Waals surface area contributed by atoms with E-state index in [1.165, 1.54) is 0 Å². The summed E-state index contributed by atoms with van der Waals surface area (Å²) in [5.74, 6) is 2.38. The molecule has 0 aliphatic carbocycles. The summed E-state index contributed by atoms with van der Waals surface area (Å²) in [6, 6.07) is 5.84. The van der Waals surface area contributed by atoms with Crippen molar-refractivity contribution in [2.75, 3.05) is 50.3 Å². The molecular formula is C14H23NO3S2. The Hall–Kier alpha value is -0.560. The Kier molecular flexibility index (Phi) is 9.74. The van der Waals surface area contributed by atoms with E-state index in [4.69, 9.17) is 19.9 Å². The molecule has 0 spiro atoms. The Labute approximate surface area is 130 Å². The molecule has 1 aromatic carbocycles. The van der Waals surface area contributed by atoms with Crippen molar-refractivity contribution in [3.05, 3.63) is 18.2 Å². The van der Waals surface area contributed by atoms with Gasteiger partial charge in [-0.3, -0.25) is 0 Å². The van der Waals surface area contributed by atoms with Crippen LogP contribution in [0, 0.1) is 0 Å². The van der Waals surface area contributed by atoms with Crippen LogP contribution in [0.3, 0.4) is 0 Å². The van der Waals surface area contributed by atoms with Crippen LogP contribution in [0.5, 0.6) is 5.75 Å². The minimum Gasteiger partial charge on any atom is -0.492 e. The molecule has 0 saturated heterocycles. The number of ether oxygens (including phenoxy) is 3. The van der Waals surface area contributed by atoms with E-state index in [0.717, 1.165) is 22.2 Å². The summed E-state index contributed by atoms with van der Waals surface area (Å²) in [5.41, 5.74) is 6.51. The molecule has 6 heteroatoms. The van der Waals surface area contributed by atoms with Crippen LogP contribution in [-0.2, 0) is 9.47 Å². The third kappa shape index (κ3) is 7.28. The highest BCUT2D eigenvalue weighted by atomic mass is 32.2. The zero-order valence-electron chi connectivity index (χ0n) is 11.8. The summed E-state index contributed by atoms with van der Waals surface area (Å²) >= 11 is 5.79. The first-order chi connectivity index (χ1) is 9.77. The Morgan fingerprint density at radius 3 is 2.60 bits per heavy atom. The normalized spacial score (nSPS) is 10.7. The van der Waals surface area contributed by atoms with E-state index in [-0.39, 0.29) is 0 Å². The van der Waals surface area contributed by atoms with Gasteiger partial charge in [-0.2, -0.15) is 12.6 Å². The maximum Gasteiger partial charge on any atom is 0.143 e. The van der Waals surface area contributed by atoms with E-state index in [1.54, 1.807) is 11.8 Å². The molecule has 0 aliphatic rings. The molecule has 0 aromatic heterocycles. The molecule has 2 N–H and O–H groups in total. The number of nitrogen functional groups attached to an aromatic ring is 1.